The molecule has 0 saturated carbocycles. The van der Waals surface area contributed by atoms with Gasteiger partial charge >= 0.3 is 0 Å². The average Bonchev–Trinajstić information content (AvgIpc) is 3.09. The van der Waals surface area contributed by atoms with Gasteiger partial charge in [-0.1, -0.05) is 36.4 Å². The largest absolute Gasteiger partial charge is 0.493 e. The number of methoxy groups -OCH3 is 2. The van der Waals surface area contributed by atoms with Gasteiger partial charge in [0.2, 0.25) is 11.8 Å². The Hall–Kier alpha value is -3.02. The fourth-order valence-corrected chi connectivity index (χ4v) is 3.46. The lowest BCUT2D eigenvalue weighted by atomic mass is 10.1. The van der Waals surface area contributed by atoms with Crippen LogP contribution in [0.2, 0.25) is 0 Å². The van der Waals surface area contributed by atoms with E-state index in [-0.39, 0.29) is 30.2 Å². The fourth-order valence-electron chi connectivity index (χ4n) is 3.46. The number of carbonyl (C=O) groups is 2. The molecule has 6 heteroatoms. The van der Waals surface area contributed by atoms with Gasteiger partial charge in [-0.15, -0.1) is 0 Å². The van der Waals surface area contributed by atoms with Crippen molar-refractivity contribution in [2.45, 2.75) is 25.9 Å². The van der Waals surface area contributed by atoms with Crippen LogP contribution in [0.1, 0.15) is 30.5 Å². The lowest BCUT2D eigenvalue weighted by Gasteiger charge is -2.19. The topological polar surface area (TPSA) is 67.9 Å². The SMILES string of the molecule is COc1ccc(CN2CC(C(=O)NC(C)c3ccccc3)CC2=O)cc1OC. The molecule has 2 atom stereocenters. The van der Waals surface area contributed by atoms with Crippen molar-refractivity contribution < 1.29 is 19.1 Å². The van der Waals surface area contributed by atoms with Crippen LogP contribution < -0.4 is 14.8 Å². The van der Waals surface area contributed by atoms with Gasteiger partial charge in [-0.05, 0) is 30.2 Å². The summed E-state index contributed by atoms with van der Waals surface area (Å²) in [5.74, 6) is 0.837. The summed E-state index contributed by atoms with van der Waals surface area (Å²) in [6.07, 6.45) is 0.237. The highest BCUT2D eigenvalue weighted by Crippen LogP contribution is 2.29. The van der Waals surface area contributed by atoms with Crippen LogP contribution in [0.5, 0.6) is 11.5 Å². The molecule has 0 bridgehead atoms. The molecule has 2 aromatic carbocycles. The molecule has 1 aliphatic rings. The second-order valence-corrected chi connectivity index (χ2v) is 7.01. The summed E-state index contributed by atoms with van der Waals surface area (Å²) in [7, 11) is 3.16. The molecule has 3 rings (SSSR count). The van der Waals surface area contributed by atoms with Crippen LogP contribution in [0.15, 0.2) is 48.5 Å². The van der Waals surface area contributed by atoms with E-state index in [1.807, 2.05) is 55.5 Å². The van der Waals surface area contributed by atoms with Gasteiger partial charge in [-0.25, -0.2) is 0 Å². The number of amides is 2. The lowest BCUT2D eigenvalue weighted by molar-refractivity contribution is -0.129. The van der Waals surface area contributed by atoms with Crippen LogP contribution in [0.4, 0.5) is 0 Å². The Bertz CT molecular complexity index is 838. The van der Waals surface area contributed by atoms with E-state index in [9.17, 15) is 9.59 Å². The number of hydrogen-bond donors (Lipinski definition) is 1. The van der Waals surface area contributed by atoms with Crippen molar-refractivity contribution in [2.24, 2.45) is 5.92 Å². The van der Waals surface area contributed by atoms with Gasteiger partial charge < -0.3 is 19.7 Å². The first-order valence-electron chi connectivity index (χ1n) is 9.35. The number of hydrogen-bond acceptors (Lipinski definition) is 4. The third kappa shape index (κ3) is 4.44. The van der Waals surface area contributed by atoms with E-state index in [4.69, 9.17) is 9.47 Å². The molecule has 0 aliphatic carbocycles. The predicted octanol–water partition coefficient (Wildman–Crippen LogP) is 2.93. The molecule has 148 valence electrons. The van der Waals surface area contributed by atoms with Gasteiger partial charge in [0.25, 0.3) is 0 Å². The van der Waals surface area contributed by atoms with Gasteiger partial charge in [0.15, 0.2) is 11.5 Å². The maximum absolute atomic E-state index is 12.6. The van der Waals surface area contributed by atoms with Gasteiger partial charge in [-0.2, -0.15) is 0 Å². The molecule has 2 aromatic rings. The number of nitrogens with zero attached hydrogens (tertiary/aromatic N) is 1. The molecule has 2 unspecified atom stereocenters. The first kappa shape index (κ1) is 19.7. The highest BCUT2D eigenvalue weighted by Gasteiger charge is 2.34. The van der Waals surface area contributed by atoms with Crippen LogP contribution in [0.3, 0.4) is 0 Å². The Kier molecular flexibility index (Phi) is 6.19. The smallest absolute Gasteiger partial charge is 0.225 e. The molecule has 1 N–H and O–H groups in total. The number of benzene rings is 2. The van der Waals surface area contributed by atoms with Gasteiger partial charge in [0.1, 0.15) is 0 Å². The minimum absolute atomic E-state index is 0.0118. The van der Waals surface area contributed by atoms with Crippen LogP contribution in [-0.4, -0.2) is 37.5 Å². The minimum atomic E-state index is -0.334. The molecule has 0 spiro atoms. The van der Waals surface area contributed by atoms with E-state index < -0.39 is 0 Å². The number of carbonyl (C=O) groups excluding carboxylic acids is 2. The molecular weight excluding hydrogens is 356 g/mol. The number of nitrogens with one attached hydrogen (secondary N) is 1. The number of rotatable bonds is 7. The summed E-state index contributed by atoms with van der Waals surface area (Å²) in [5, 5.41) is 3.02. The summed E-state index contributed by atoms with van der Waals surface area (Å²) >= 11 is 0. The van der Waals surface area contributed by atoms with Crippen LogP contribution in [0.25, 0.3) is 0 Å². The van der Waals surface area contributed by atoms with Crippen molar-refractivity contribution in [2.75, 3.05) is 20.8 Å². The number of ether oxygens (including phenoxy) is 2. The van der Waals surface area contributed by atoms with Crippen LogP contribution >= 0.6 is 0 Å². The van der Waals surface area contributed by atoms with E-state index in [0.717, 1.165) is 11.1 Å². The van der Waals surface area contributed by atoms with Crippen molar-refractivity contribution in [3.63, 3.8) is 0 Å². The highest BCUT2D eigenvalue weighted by atomic mass is 16.5. The van der Waals surface area contributed by atoms with Crippen molar-refractivity contribution >= 4 is 11.8 Å². The average molecular weight is 382 g/mol. The van der Waals surface area contributed by atoms with E-state index in [1.54, 1.807) is 19.1 Å². The van der Waals surface area contributed by atoms with Crippen molar-refractivity contribution in [3.05, 3.63) is 59.7 Å². The fraction of sp³-hybridized carbons (Fsp3) is 0.364. The standard InChI is InChI=1S/C22H26N2O4/c1-15(17-7-5-4-6-8-17)23-22(26)18-12-21(25)24(14-18)13-16-9-10-19(27-2)20(11-16)28-3/h4-11,15,18H,12-14H2,1-3H3,(H,23,26). The summed E-state index contributed by atoms with van der Waals surface area (Å²) in [5.41, 5.74) is 1.98. The molecule has 1 heterocycles. The zero-order chi connectivity index (χ0) is 20.1. The molecule has 0 radical (unpaired) electrons. The third-order valence-electron chi connectivity index (χ3n) is 5.07. The summed E-state index contributed by atoms with van der Waals surface area (Å²) < 4.78 is 10.6. The third-order valence-corrected chi connectivity index (χ3v) is 5.07. The number of likely N-dealkylation sites (tertiary alicyclic amines) is 1. The Morgan fingerprint density at radius 3 is 2.54 bits per heavy atom. The summed E-state index contributed by atoms with van der Waals surface area (Å²) in [4.78, 5) is 26.8. The maximum atomic E-state index is 12.6. The van der Waals surface area contributed by atoms with Gasteiger partial charge in [0.05, 0.1) is 26.2 Å². The first-order valence-corrected chi connectivity index (χ1v) is 9.35. The van der Waals surface area contributed by atoms with Crippen molar-refractivity contribution in [1.29, 1.82) is 0 Å². The predicted molar refractivity (Wildman–Crippen MR) is 106 cm³/mol. The maximum Gasteiger partial charge on any atom is 0.225 e. The Labute approximate surface area is 165 Å². The normalized spacial score (nSPS) is 17.3. The lowest BCUT2D eigenvalue weighted by Crippen LogP contribution is -2.34. The zero-order valence-corrected chi connectivity index (χ0v) is 16.5. The second-order valence-electron chi connectivity index (χ2n) is 7.01. The minimum Gasteiger partial charge on any atom is -0.493 e. The molecular formula is C22H26N2O4. The van der Waals surface area contributed by atoms with E-state index in [0.29, 0.717) is 24.6 Å². The quantitative estimate of drug-likeness (QED) is 0.800. The van der Waals surface area contributed by atoms with Gasteiger partial charge in [0, 0.05) is 19.5 Å². The molecule has 28 heavy (non-hydrogen) atoms. The summed E-state index contributed by atoms with van der Waals surface area (Å²) in [6, 6.07) is 15.3. The molecule has 1 fully saturated rings. The monoisotopic (exact) mass is 382 g/mol. The Balaban J connectivity index is 1.61. The van der Waals surface area contributed by atoms with Gasteiger partial charge in [-0.3, -0.25) is 9.59 Å². The molecule has 1 aliphatic heterocycles. The molecule has 2 amide bonds. The molecule has 1 saturated heterocycles. The van der Waals surface area contributed by atoms with E-state index in [1.165, 1.54) is 0 Å². The summed E-state index contributed by atoms with van der Waals surface area (Å²) in [6.45, 7) is 2.81. The van der Waals surface area contributed by atoms with Crippen molar-refractivity contribution in [1.82, 2.24) is 10.2 Å². The Morgan fingerprint density at radius 1 is 1.14 bits per heavy atom. The molecule has 0 aromatic heterocycles. The Morgan fingerprint density at radius 2 is 1.86 bits per heavy atom. The van der Waals surface area contributed by atoms with Crippen LogP contribution in [-0.2, 0) is 16.1 Å². The van der Waals surface area contributed by atoms with Crippen LogP contribution in [0, 0.1) is 5.92 Å². The highest BCUT2D eigenvalue weighted by molar-refractivity contribution is 5.89. The second kappa shape index (κ2) is 8.78. The molecule has 6 nitrogen and oxygen atoms in total. The zero-order valence-electron chi connectivity index (χ0n) is 16.5. The van der Waals surface area contributed by atoms with Crippen molar-refractivity contribution in [3.8, 4) is 11.5 Å². The van der Waals surface area contributed by atoms with E-state index in [2.05, 4.69) is 5.32 Å². The van der Waals surface area contributed by atoms with E-state index >= 15 is 0 Å². The first-order chi connectivity index (χ1) is 13.5.